The molecule has 1 saturated carbocycles. The lowest BCUT2D eigenvalue weighted by Crippen LogP contribution is -2.47. The molecule has 1 aromatic rings. The number of hydrogen-bond donors (Lipinski definition) is 1. The molecule has 2 aliphatic rings. The van der Waals surface area contributed by atoms with Gasteiger partial charge in [-0.05, 0) is 45.1 Å². The first-order valence-electron chi connectivity index (χ1n) is 9.65. The molecule has 6 heteroatoms. The summed E-state index contributed by atoms with van der Waals surface area (Å²) >= 11 is 0. The van der Waals surface area contributed by atoms with E-state index >= 15 is 0 Å². The highest BCUT2D eigenvalue weighted by Crippen LogP contribution is 2.48. The Balaban J connectivity index is 1.54. The van der Waals surface area contributed by atoms with Crippen molar-refractivity contribution in [2.75, 3.05) is 13.1 Å². The summed E-state index contributed by atoms with van der Waals surface area (Å²) in [7, 11) is 0. The minimum Gasteiger partial charge on any atom is -0.445 e. The van der Waals surface area contributed by atoms with E-state index in [1.807, 2.05) is 51.1 Å². The number of alkyl carbamates (subject to hydrolysis) is 1. The van der Waals surface area contributed by atoms with E-state index in [1.165, 1.54) is 0 Å². The molecule has 27 heavy (non-hydrogen) atoms. The Morgan fingerprint density at radius 1 is 1.19 bits per heavy atom. The SMILES string of the molecule is CC1CN(C(=O)OCc2ccccc2)C[C@@H]1C1(NC(=O)OC(C)(C)C)CC1. The van der Waals surface area contributed by atoms with Gasteiger partial charge < -0.3 is 19.7 Å². The Morgan fingerprint density at radius 3 is 2.44 bits per heavy atom. The summed E-state index contributed by atoms with van der Waals surface area (Å²) < 4.78 is 10.9. The zero-order chi connectivity index (χ0) is 19.7. The van der Waals surface area contributed by atoms with E-state index in [0.717, 1.165) is 18.4 Å². The van der Waals surface area contributed by atoms with Gasteiger partial charge in [0.25, 0.3) is 0 Å². The maximum absolute atomic E-state index is 12.5. The van der Waals surface area contributed by atoms with Crippen molar-refractivity contribution >= 4 is 12.2 Å². The number of carbonyl (C=O) groups is 2. The third-order valence-electron chi connectivity index (χ3n) is 5.32. The molecule has 6 nitrogen and oxygen atoms in total. The van der Waals surface area contributed by atoms with E-state index < -0.39 is 5.60 Å². The summed E-state index contributed by atoms with van der Waals surface area (Å²) in [5.74, 6) is 0.515. The third-order valence-corrected chi connectivity index (χ3v) is 5.32. The smallest absolute Gasteiger partial charge is 0.410 e. The van der Waals surface area contributed by atoms with E-state index in [4.69, 9.17) is 9.47 Å². The normalized spacial score (nSPS) is 23.6. The molecule has 148 valence electrons. The molecular formula is C21H30N2O4. The van der Waals surface area contributed by atoms with E-state index in [9.17, 15) is 9.59 Å². The van der Waals surface area contributed by atoms with Gasteiger partial charge in [0.2, 0.25) is 0 Å². The van der Waals surface area contributed by atoms with Gasteiger partial charge in [-0.3, -0.25) is 0 Å². The van der Waals surface area contributed by atoms with E-state index in [0.29, 0.717) is 19.0 Å². The second-order valence-electron chi connectivity index (χ2n) is 8.81. The number of nitrogens with one attached hydrogen (secondary N) is 1. The minimum absolute atomic E-state index is 0.217. The van der Waals surface area contributed by atoms with Gasteiger partial charge in [0.1, 0.15) is 12.2 Å². The van der Waals surface area contributed by atoms with Crippen LogP contribution in [0.5, 0.6) is 0 Å². The van der Waals surface area contributed by atoms with Crippen molar-refractivity contribution in [2.24, 2.45) is 11.8 Å². The molecule has 1 unspecified atom stereocenters. The van der Waals surface area contributed by atoms with Gasteiger partial charge in [0, 0.05) is 24.5 Å². The van der Waals surface area contributed by atoms with Crippen molar-refractivity contribution in [3.63, 3.8) is 0 Å². The van der Waals surface area contributed by atoms with Crippen molar-refractivity contribution in [1.82, 2.24) is 10.2 Å². The van der Waals surface area contributed by atoms with Crippen LogP contribution in [0.4, 0.5) is 9.59 Å². The van der Waals surface area contributed by atoms with Crippen LogP contribution in [0.2, 0.25) is 0 Å². The molecular weight excluding hydrogens is 344 g/mol. The Hall–Kier alpha value is -2.24. The molecule has 0 aromatic heterocycles. The Labute approximate surface area is 161 Å². The van der Waals surface area contributed by atoms with Crippen LogP contribution in [-0.4, -0.2) is 41.3 Å². The topological polar surface area (TPSA) is 67.9 Å². The van der Waals surface area contributed by atoms with E-state index in [-0.39, 0.29) is 30.3 Å². The Morgan fingerprint density at radius 2 is 1.85 bits per heavy atom. The molecule has 0 bridgehead atoms. The van der Waals surface area contributed by atoms with Crippen LogP contribution in [0.15, 0.2) is 30.3 Å². The number of carbonyl (C=O) groups excluding carboxylic acids is 2. The fraction of sp³-hybridized carbons (Fsp3) is 0.619. The van der Waals surface area contributed by atoms with Crippen molar-refractivity contribution in [1.29, 1.82) is 0 Å². The zero-order valence-electron chi connectivity index (χ0n) is 16.7. The second-order valence-corrected chi connectivity index (χ2v) is 8.81. The predicted octanol–water partition coefficient (Wildman–Crippen LogP) is 3.95. The summed E-state index contributed by atoms with van der Waals surface area (Å²) in [6.07, 6.45) is 1.18. The summed E-state index contributed by atoms with van der Waals surface area (Å²) in [6.45, 7) is 9.22. The predicted molar refractivity (Wildman–Crippen MR) is 102 cm³/mol. The number of likely N-dealkylation sites (tertiary alicyclic amines) is 1. The summed E-state index contributed by atoms with van der Waals surface area (Å²) in [4.78, 5) is 26.4. The second kappa shape index (κ2) is 7.41. The van der Waals surface area contributed by atoms with Crippen molar-refractivity contribution in [3.05, 3.63) is 35.9 Å². The molecule has 3 rings (SSSR count). The highest BCUT2D eigenvalue weighted by molar-refractivity contribution is 5.70. The number of rotatable bonds is 4. The first-order chi connectivity index (χ1) is 12.7. The molecule has 1 saturated heterocycles. The number of hydrogen-bond acceptors (Lipinski definition) is 4. The van der Waals surface area contributed by atoms with Gasteiger partial charge in [0.15, 0.2) is 0 Å². The average Bonchev–Trinajstić information content (AvgIpc) is 3.24. The average molecular weight is 374 g/mol. The quantitative estimate of drug-likeness (QED) is 0.866. The van der Waals surface area contributed by atoms with Gasteiger partial charge in [-0.25, -0.2) is 9.59 Å². The Bertz CT molecular complexity index is 679. The van der Waals surface area contributed by atoms with Crippen LogP contribution in [0, 0.1) is 11.8 Å². The molecule has 2 atom stereocenters. The van der Waals surface area contributed by atoms with Crippen molar-refractivity contribution in [3.8, 4) is 0 Å². The van der Waals surface area contributed by atoms with Gasteiger partial charge in [-0.15, -0.1) is 0 Å². The summed E-state index contributed by atoms with van der Waals surface area (Å²) in [5, 5.41) is 3.07. The van der Waals surface area contributed by atoms with Crippen molar-refractivity contribution < 1.29 is 19.1 Å². The third kappa shape index (κ3) is 4.93. The number of amides is 2. The van der Waals surface area contributed by atoms with Crippen LogP contribution >= 0.6 is 0 Å². The molecule has 2 fully saturated rings. The van der Waals surface area contributed by atoms with Crippen LogP contribution < -0.4 is 5.32 Å². The molecule has 0 radical (unpaired) electrons. The van der Waals surface area contributed by atoms with Gasteiger partial charge >= 0.3 is 12.2 Å². The molecule has 0 spiro atoms. The van der Waals surface area contributed by atoms with Gasteiger partial charge in [0.05, 0.1) is 0 Å². The van der Waals surface area contributed by atoms with Crippen LogP contribution in [0.25, 0.3) is 0 Å². The first kappa shape index (κ1) is 19.5. The highest BCUT2D eigenvalue weighted by Gasteiger charge is 2.56. The highest BCUT2D eigenvalue weighted by atomic mass is 16.6. The lowest BCUT2D eigenvalue weighted by Gasteiger charge is -2.29. The lowest BCUT2D eigenvalue weighted by molar-refractivity contribution is 0.0468. The molecule has 2 amide bonds. The van der Waals surface area contributed by atoms with Crippen LogP contribution in [0.3, 0.4) is 0 Å². The van der Waals surface area contributed by atoms with Crippen LogP contribution in [-0.2, 0) is 16.1 Å². The maximum Gasteiger partial charge on any atom is 0.410 e. The standard InChI is InChI=1S/C21H30N2O4/c1-15-12-23(19(25)26-14-16-8-6-5-7-9-16)13-17(15)21(10-11-21)22-18(24)27-20(2,3)4/h5-9,15,17H,10-14H2,1-4H3,(H,22,24)/t15?,17-/m0/s1. The number of ether oxygens (including phenoxy) is 2. The van der Waals surface area contributed by atoms with E-state index in [2.05, 4.69) is 12.2 Å². The molecule has 1 heterocycles. The maximum atomic E-state index is 12.5. The molecule has 1 N–H and O–H groups in total. The Kier molecular flexibility index (Phi) is 5.36. The van der Waals surface area contributed by atoms with Gasteiger partial charge in [-0.1, -0.05) is 37.3 Å². The monoisotopic (exact) mass is 374 g/mol. The fourth-order valence-corrected chi connectivity index (χ4v) is 3.88. The summed E-state index contributed by atoms with van der Waals surface area (Å²) in [5.41, 5.74) is 0.199. The lowest BCUT2D eigenvalue weighted by atomic mass is 9.88. The number of nitrogens with zero attached hydrogens (tertiary/aromatic N) is 1. The van der Waals surface area contributed by atoms with Crippen LogP contribution in [0.1, 0.15) is 46.1 Å². The summed E-state index contributed by atoms with van der Waals surface area (Å²) in [6, 6.07) is 9.66. The largest absolute Gasteiger partial charge is 0.445 e. The fourth-order valence-electron chi connectivity index (χ4n) is 3.88. The van der Waals surface area contributed by atoms with E-state index in [1.54, 1.807) is 4.90 Å². The molecule has 1 aliphatic carbocycles. The van der Waals surface area contributed by atoms with Gasteiger partial charge in [-0.2, -0.15) is 0 Å². The molecule has 1 aliphatic heterocycles. The first-order valence-corrected chi connectivity index (χ1v) is 9.65. The van der Waals surface area contributed by atoms with Crippen molar-refractivity contribution in [2.45, 2.75) is 58.3 Å². The zero-order valence-corrected chi connectivity index (χ0v) is 16.7. The molecule has 1 aromatic carbocycles. The number of benzene rings is 1. The minimum atomic E-state index is -0.519.